The monoisotopic (exact) mass is 384 g/mol. The molecule has 0 radical (unpaired) electrons. The Bertz CT molecular complexity index is 856. The van der Waals surface area contributed by atoms with Crippen molar-refractivity contribution in [1.29, 1.82) is 0 Å². The van der Waals surface area contributed by atoms with Crippen LogP contribution in [0.3, 0.4) is 0 Å². The summed E-state index contributed by atoms with van der Waals surface area (Å²) < 4.78 is 0. The molecule has 142 valence electrons. The molecule has 2 aromatic carbocycles. The van der Waals surface area contributed by atoms with Crippen LogP contribution >= 0.6 is 11.6 Å². The summed E-state index contributed by atoms with van der Waals surface area (Å²) in [6, 6.07) is 11.7. The summed E-state index contributed by atoms with van der Waals surface area (Å²) in [4.78, 5) is 27.0. The van der Waals surface area contributed by atoms with Gasteiger partial charge in [-0.2, -0.15) is 0 Å². The maximum Gasteiger partial charge on any atom is 0.229 e. The van der Waals surface area contributed by atoms with E-state index in [1.54, 1.807) is 11.0 Å². The number of carbonyl (C=O) groups excluding carboxylic acids is 2. The first-order valence-corrected chi connectivity index (χ1v) is 9.80. The molecule has 0 bridgehead atoms. The normalized spacial score (nSPS) is 16.7. The van der Waals surface area contributed by atoms with Gasteiger partial charge in [0.05, 0.1) is 5.92 Å². The molecule has 0 spiro atoms. The molecule has 4 nitrogen and oxygen atoms in total. The molecule has 1 aliphatic rings. The van der Waals surface area contributed by atoms with Crippen molar-refractivity contribution in [2.75, 3.05) is 16.8 Å². The van der Waals surface area contributed by atoms with Gasteiger partial charge in [-0.1, -0.05) is 49.7 Å². The van der Waals surface area contributed by atoms with Crippen molar-refractivity contribution in [3.63, 3.8) is 0 Å². The number of nitrogens with zero attached hydrogens (tertiary/aromatic N) is 1. The smallest absolute Gasteiger partial charge is 0.229 e. The molecule has 2 aromatic rings. The van der Waals surface area contributed by atoms with E-state index < -0.39 is 0 Å². The van der Waals surface area contributed by atoms with Crippen LogP contribution in [0, 0.1) is 12.8 Å². The van der Waals surface area contributed by atoms with Gasteiger partial charge in [-0.3, -0.25) is 9.59 Å². The predicted molar refractivity (Wildman–Crippen MR) is 110 cm³/mol. The maximum absolute atomic E-state index is 12.9. The molecule has 1 saturated heterocycles. The van der Waals surface area contributed by atoms with Crippen LogP contribution in [0.1, 0.15) is 37.0 Å². The van der Waals surface area contributed by atoms with Crippen LogP contribution in [0.5, 0.6) is 0 Å². The number of hydrogen-bond acceptors (Lipinski definition) is 2. The van der Waals surface area contributed by atoms with Gasteiger partial charge in [0.2, 0.25) is 11.8 Å². The van der Waals surface area contributed by atoms with Crippen LogP contribution in [-0.4, -0.2) is 18.4 Å². The minimum Gasteiger partial charge on any atom is -0.325 e. The Kier molecular flexibility index (Phi) is 5.85. The van der Waals surface area contributed by atoms with Gasteiger partial charge in [-0.05, 0) is 48.6 Å². The van der Waals surface area contributed by atoms with Crippen LogP contribution in [0.4, 0.5) is 11.4 Å². The highest BCUT2D eigenvalue weighted by Crippen LogP contribution is 2.30. The second kappa shape index (κ2) is 8.13. The minimum absolute atomic E-state index is 0.0467. The van der Waals surface area contributed by atoms with Crippen molar-refractivity contribution in [2.24, 2.45) is 5.92 Å². The van der Waals surface area contributed by atoms with Gasteiger partial charge in [0.15, 0.2) is 0 Å². The summed E-state index contributed by atoms with van der Waals surface area (Å²) >= 11 is 6.20. The van der Waals surface area contributed by atoms with Crippen molar-refractivity contribution in [3.8, 4) is 0 Å². The van der Waals surface area contributed by atoms with E-state index in [1.807, 2.05) is 37.3 Å². The second-order valence-electron chi connectivity index (χ2n) is 6.99. The first kappa shape index (κ1) is 19.4. The summed E-state index contributed by atoms with van der Waals surface area (Å²) in [5.74, 6) is -0.513. The molecule has 1 atom stereocenters. The Morgan fingerprint density at radius 1 is 1.19 bits per heavy atom. The molecule has 1 N–H and O–H groups in total. The zero-order valence-corrected chi connectivity index (χ0v) is 16.8. The van der Waals surface area contributed by atoms with Crippen LogP contribution in [0.25, 0.3) is 0 Å². The number of carbonyl (C=O) groups is 2. The molecular formula is C22H25ClN2O2. The zero-order chi connectivity index (χ0) is 19.6. The van der Waals surface area contributed by atoms with Gasteiger partial charge in [-0.25, -0.2) is 0 Å². The highest BCUT2D eigenvalue weighted by Gasteiger charge is 2.35. The lowest BCUT2D eigenvalue weighted by atomic mass is 10.0. The zero-order valence-electron chi connectivity index (χ0n) is 16.0. The standard InChI is InChI=1S/C22H25ClN2O2/c1-4-15-7-6-8-16(5-2)21(15)24-22(27)17-11-20(26)25(13-17)18-10-9-14(3)19(23)12-18/h6-10,12,17H,4-5,11,13H2,1-3H3,(H,24,27). The summed E-state index contributed by atoms with van der Waals surface area (Å²) in [5.41, 5.74) is 4.85. The average Bonchev–Trinajstić information content (AvgIpc) is 3.06. The van der Waals surface area contributed by atoms with E-state index in [1.165, 1.54) is 0 Å². The topological polar surface area (TPSA) is 49.4 Å². The highest BCUT2D eigenvalue weighted by molar-refractivity contribution is 6.31. The number of benzene rings is 2. The van der Waals surface area contributed by atoms with Crippen LogP contribution in [-0.2, 0) is 22.4 Å². The van der Waals surface area contributed by atoms with Crippen molar-refractivity contribution >= 4 is 34.8 Å². The maximum atomic E-state index is 12.9. The Hall–Kier alpha value is -2.33. The predicted octanol–water partition coefficient (Wildman–Crippen LogP) is 4.76. The fourth-order valence-electron chi connectivity index (χ4n) is 3.51. The summed E-state index contributed by atoms with van der Waals surface area (Å²) in [6.07, 6.45) is 1.91. The van der Waals surface area contributed by atoms with Gasteiger partial charge < -0.3 is 10.2 Å². The fourth-order valence-corrected chi connectivity index (χ4v) is 3.69. The van der Waals surface area contributed by atoms with E-state index in [9.17, 15) is 9.59 Å². The quantitative estimate of drug-likeness (QED) is 0.807. The Balaban J connectivity index is 1.78. The average molecular weight is 385 g/mol. The lowest BCUT2D eigenvalue weighted by Gasteiger charge is -2.19. The highest BCUT2D eigenvalue weighted by atomic mass is 35.5. The Labute approximate surface area is 165 Å². The van der Waals surface area contributed by atoms with Crippen molar-refractivity contribution < 1.29 is 9.59 Å². The number of amides is 2. The van der Waals surface area contributed by atoms with Crippen molar-refractivity contribution in [2.45, 2.75) is 40.0 Å². The number of rotatable bonds is 5. The molecule has 1 aliphatic heterocycles. The van der Waals surface area contributed by atoms with Gasteiger partial charge >= 0.3 is 0 Å². The molecular weight excluding hydrogens is 360 g/mol. The number of nitrogens with one attached hydrogen (secondary N) is 1. The third kappa shape index (κ3) is 4.01. The third-order valence-electron chi connectivity index (χ3n) is 5.21. The Morgan fingerprint density at radius 2 is 1.85 bits per heavy atom. The number of anilines is 2. The fraction of sp³-hybridized carbons (Fsp3) is 0.364. The van der Waals surface area contributed by atoms with Gasteiger partial charge in [-0.15, -0.1) is 0 Å². The lowest BCUT2D eigenvalue weighted by Crippen LogP contribution is -2.28. The van der Waals surface area contributed by atoms with E-state index in [4.69, 9.17) is 11.6 Å². The molecule has 1 fully saturated rings. The summed E-state index contributed by atoms with van der Waals surface area (Å²) in [5, 5.41) is 3.71. The molecule has 5 heteroatoms. The first-order chi connectivity index (χ1) is 12.9. The SMILES string of the molecule is CCc1cccc(CC)c1NC(=O)C1CC(=O)N(c2ccc(C)c(Cl)c2)C1. The minimum atomic E-state index is -0.368. The molecule has 3 rings (SSSR count). The second-order valence-corrected chi connectivity index (χ2v) is 7.39. The van der Waals surface area contributed by atoms with Crippen LogP contribution < -0.4 is 10.2 Å². The van der Waals surface area contributed by atoms with Gasteiger partial charge in [0.25, 0.3) is 0 Å². The van der Waals surface area contributed by atoms with Gasteiger partial charge in [0, 0.05) is 29.4 Å². The largest absolute Gasteiger partial charge is 0.325 e. The molecule has 2 amide bonds. The number of aryl methyl sites for hydroxylation is 3. The summed E-state index contributed by atoms with van der Waals surface area (Å²) in [7, 11) is 0. The van der Waals surface area contributed by atoms with E-state index in [-0.39, 0.29) is 24.2 Å². The number of para-hydroxylation sites is 1. The van der Waals surface area contributed by atoms with Crippen LogP contribution in [0.2, 0.25) is 5.02 Å². The molecule has 0 saturated carbocycles. The molecule has 0 aromatic heterocycles. The molecule has 0 aliphatic carbocycles. The first-order valence-electron chi connectivity index (χ1n) is 9.42. The van der Waals surface area contributed by atoms with E-state index in [0.29, 0.717) is 11.6 Å². The van der Waals surface area contributed by atoms with Crippen molar-refractivity contribution in [3.05, 3.63) is 58.1 Å². The molecule has 1 heterocycles. The van der Waals surface area contributed by atoms with E-state index in [0.717, 1.165) is 40.9 Å². The number of halogens is 1. The number of hydrogen-bond donors (Lipinski definition) is 1. The lowest BCUT2D eigenvalue weighted by molar-refractivity contribution is -0.122. The molecule has 1 unspecified atom stereocenters. The third-order valence-corrected chi connectivity index (χ3v) is 5.62. The van der Waals surface area contributed by atoms with E-state index in [2.05, 4.69) is 19.2 Å². The Morgan fingerprint density at radius 3 is 2.44 bits per heavy atom. The van der Waals surface area contributed by atoms with Crippen LogP contribution in [0.15, 0.2) is 36.4 Å². The summed E-state index contributed by atoms with van der Waals surface area (Å²) in [6.45, 7) is 6.45. The van der Waals surface area contributed by atoms with Crippen molar-refractivity contribution in [1.82, 2.24) is 0 Å². The van der Waals surface area contributed by atoms with Gasteiger partial charge in [0.1, 0.15) is 0 Å². The van der Waals surface area contributed by atoms with E-state index >= 15 is 0 Å². The molecule has 27 heavy (non-hydrogen) atoms.